The van der Waals surface area contributed by atoms with Gasteiger partial charge >= 0.3 is 0 Å². The van der Waals surface area contributed by atoms with Gasteiger partial charge in [-0.3, -0.25) is 0 Å². The van der Waals surface area contributed by atoms with E-state index < -0.39 is 0 Å². The van der Waals surface area contributed by atoms with Gasteiger partial charge in [0.05, 0.1) is 12.0 Å². The van der Waals surface area contributed by atoms with Gasteiger partial charge in [0.25, 0.3) is 0 Å². The zero-order valence-electron chi connectivity index (χ0n) is 12.4. The fourth-order valence-electron chi connectivity index (χ4n) is 2.49. The Labute approximate surface area is 126 Å². The van der Waals surface area contributed by atoms with Crippen LogP contribution in [0.4, 0.5) is 0 Å². The number of aromatic amines is 1. The highest BCUT2D eigenvalue weighted by Gasteiger charge is 2.08. The van der Waals surface area contributed by atoms with E-state index in [0.717, 1.165) is 35.2 Å². The highest BCUT2D eigenvalue weighted by atomic mass is 32.1. The van der Waals surface area contributed by atoms with Gasteiger partial charge in [0.2, 0.25) is 0 Å². The average Bonchev–Trinajstić information content (AvgIpc) is 2.41. The molecule has 2 rings (SSSR count). The first-order chi connectivity index (χ1) is 9.61. The molecule has 2 nitrogen and oxygen atoms in total. The average molecular weight is 286 g/mol. The van der Waals surface area contributed by atoms with Crippen LogP contribution in [-0.2, 0) is 12.8 Å². The van der Waals surface area contributed by atoms with Crippen LogP contribution in [-0.4, -0.2) is 9.97 Å². The fraction of sp³-hybridized carbons (Fsp3) is 0.412. The molecule has 0 unspecified atom stereocenters. The van der Waals surface area contributed by atoms with Gasteiger partial charge in [-0.2, -0.15) is 0 Å². The molecular weight excluding hydrogens is 264 g/mol. The standard InChI is InChI=1S/C17H22N2S/c1-4-6-15-16(18-11-19-17(15)20)14-8-5-7-13(10-14)9-12(2)3/h5,7-8,10-12H,4,6,9H2,1-3H3,(H,18,19,20). The zero-order chi connectivity index (χ0) is 14.5. The van der Waals surface area contributed by atoms with Crippen LogP contribution in [0.5, 0.6) is 0 Å². The van der Waals surface area contributed by atoms with Crippen LogP contribution >= 0.6 is 12.2 Å². The Morgan fingerprint density at radius 1 is 1.30 bits per heavy atom. The predicted octanol–water partition coefficient (Wildman–Crippen LogP) is 4.96. The van der Waals surface area contributed by atoms with Gasteiger partial charge in [-0.05, 0) is 36.0 Å². The van der Waals surface area contributed by atoms with Crippen molar-refractivity contribution in [3.63, 3.8) is 0 Å². The first-order valence-corrected chi connectivity index (χ1v) is 7.68. The third kappa shape index (κ3) is 3.54. The summed E-state index contributed by atoms with van der Waals surface area (Å²) < 4.78 is 0.717. The van der Waals surface area contributed by atoms with Gasteiger partial charge in [-0.1, -0.05) is 57.6 Å². The largest absolute Gasteiger partial charge is 0.346 e. The molecular formula is C17H22N2S. The van der Waals surface area contributed by atoms with E-state index >= 15 is 0 Å². The Morgan fingerprint density at radius 3 is 2.80 bits per heavy atom. The lowest BCUT2D eigenvalue weighted by Gasteiger charge is -2.11. The van der Waals surface area contributed by atoms with Gasteiger partial charge < -0.3 is 4.98 Å². The van der Waals surface area contributed by atoms with Gasteiger partial charge in [0, 0.05) is 5.56 Å². The van der Waals surface area contributed by atoms with E-state index in [4.69, 9.17) is 12.2 Å². The monoisotopic (exact) mass is 286 g/mol. The SMILES string of the molecule is CCCc1c(-c2cccc(CC(C)C)c2)[nH]cnc1=S. The molecule has 0 radical (unpaired) electrons. The second kappa shape index (κ2) is 6.80. The molecule has 2 aromatic rings. The lowest BCUT2D eigenvalue weighted by Crippen LogP contribution is -1.98. The molecule has 20 heavy (non-hydrogen) atoms. The molecule has 3 heteroatoms. The minimum atomic E-state index is 0.663. The lowest BCUT2D eigenvalue weighted by molar-refractivity contribution is 0.647. The van der Waals surface area contributed by atoms with Crippen LogP contribution in [0.3, 0.4) is 0 Å². The molecule has 0 saturated carbocycles. The summed E-state index contributed by atoms with van der Waals surface area (Å²) in [5, 5.41) is 0. The number of benzene rings is 1. The van der Waals surface area contributed by atoms with Crippen molar-refractivity contribution in [3.05, 3.63) is 46.4 Å². The van der Waals surface area contributed by atoms with Crippen LogP contribution in [0.1, 0.15) is 38.3 Å². The molecule has 1 N–H and O–H groups in total. The smallest absolute Gasteiger partial charge is 0.133 e. The van der Waals surface area contributed by atoms with Crippen LogP contribution < -0.4 is 0 Å². The lowest BCUT2D eigenvalue weighted by atomic mass is 9.98. The predicted molar refractivity (Wildman–Crippen MR) is 87.4 cm³/mol. The molecule has 0 saturated heterocycles. The van der Waals surface area contributed by atoms with Crippen molar-refractivity contribution < 1.29 is 0 Å². The minimum Gasteiger partial charge on any atom is -0.346 e. The zero-order valence-corrected chi connectivity index (χ0v) is 13.3. The van der Waals surface area contributed by atoms with Crippen molar-refractivity contribution in [1.29, 1.82) is 0 Å². The highest BCUT2D eigenvalue weighted by molar-refractivity contribution is 7.71. The van der Waals surface area contributed by atoms with Crippen molar-refractivity contribution in [3.8, 4) is 11.3 Å². The van der Waals surface area contributed by atoms with Crippen LogP contribution in [0, 0.1) is 10.6 Å². The van der Waals surface area contributed by atoms with E-state index in [9.17, 15) is 0 Å². The molecule has 0 spiro atoms. The maximum Gasteiger partial charge on any atom is 0.133 e. The van der Waals surface area contributed by atoms with Gasteiger partial charge in [0.1, 0.15) is 4.64 Å². The number of H-pyrrole nitrogens is 1. The van der Waals surface area contributed by atoms with E-state index in [1.54, 1.807) is 6.33 Å². The highest BCUT2D eigenvalue weighted by Crippen LogP contribution is 2.24. The summed E-state index contributed by atoms with van der Waals surface area (Å²) in [4.78, 5) is 7.50. The summed E-state index contributed by atoms with van der Waals surface area (Å²) in [6.07, 6.45) is 4.84. The van der Waals surface area contributed by atoms with Gasteiger partial charge in [-0.15, -0.1) is 0 Å². The van der Waals surface area contributed by atoms with Gasteiger partial charge in [0.15, 0.2) is 0 Å². The van der Waals surface area contributed by atoms with Crippen molar-refractivity contribution in [2.24, 2.45) is 5.92 Å². The summed E-state index contributed by atoms with van der Waals surface area (Å²) in [5.74, 6) is 0.663. The molecule has 0 aliphatic heterocycles. The molecule has 0 bridgehead atoms. The third-order valence-electron chi connectivity index (χ3n) is 3.31. The summed E-state index contributed by atoms with van der Waals surface area (Å²) >= 11 is 5.38. The van der Waals surface area contributed by atoms with E-state index in [-0.39, 0.29) is 0 Å². The van der Waals surface area contributed by atoms with Crippen molar-refractivity contribution in [2.45, 2.75) is 40.0 Å². The first kappa shape index (κ1) is 14.9. The molecule has 1 heterocycles. The van der Waals surface area contributed by atoms with Gasteiger partial charge in [-0.25, -0.2) is 4.98 Å². The number of nitrogens with zero attached hydrogens (tertiary/aromatic N) is 1. The molecule has 1 aromatic heterocycles. The number of rotatable bonds is 5. The quantitative estimate of drug-likeness (QED) is 0.787. The molecule has 1 aromatic carbocycles. The Kier molecular flexibility index (Phi) is 5.07. The molecule has 0 amide bonds. The second-order valence-electron chi connectivity index (χ2n) is 5.61. The Balaban J connectivity index is 2.46. The summed E-state index contributed by atoms with van der Waals surface area (Å²) in [5.41, 5.74) is 4.86. The first-order valence-electron chi connectivity index (χ1n) is 7.27. The maximum absolute atomic E-state index is 5.38. The summed E-state index contributed by atoms with van der Waals surface area (Å²) in [6, 6.07) is 8.72. The van der Waals surface area contributed by atoms with Crippen LogP contribution in [0.15, 0.2) is 30.6 Å². The molecule has 0 aliphatic carbocycles. The second-order valence-corrected chi connectivity index (χ2v) is 6.00. The normalized spacial score (nSPS) is 11.0. The number of hydrogen-bond donors (Lipinski definition) is 1. The van der Waals surface area contributed by atoms with E-state index in [1.807, 2.05) is 0 Å². The number of aromatic nitrogens is 2. The molecule has 0 fully saturated rings. The third-order valence-corrected chi connectivity index (χ3v) is 3.66. The fourth-order valence-corrected chi connectivity index (χ4v) is 2.75. The number of hydrogen-bond acceptors (Lipinski definition) is 2. The van der Waals surface area contributed by atoms with Crippen molar-refractivity contribution in [1.82, 2.24) is 9.97 Å². The Hall–Kier alpha value is -1.48. The Morgan fingerprint density at radius 2 is 2.10 bits per heavy atom. The maximum atomic E-state index is 5.38. The summed E-state index contributed by atoms with van der Waals surface area (Å²) in [6.45, 7) is 6.66. The Bertz CT molecular complexity index is 629. The molecule has 0 aliphatic rings. The summed E-state index contributed by atoms with van der Waals surface area (Å²) in [7, 11) is 0. The topological polar surface area (TPSA) is 28.7 Å². The van der Waals surface area contributed by atoms with Crippen LogP contribution in [0.25, 0.3) is 11.3 Å². The minimum absolute atomic E-state index is 0.663. The van der Waals surface area contributed by atoms with Crippen molar-refractivity contribution in [2.75, 3.05) is 0 Å². The molecule has 0 atom stereocenters. The van der Waals surface area contributed by atoms with E-state index in [2.05, 4.69) is 55.0 Å². The van der Waals surface area contributed by atoms with Crippen LogP contribution in [0.2, 0.25) is 0 Å². The van der Waals surface area contributed by atoms with Crippen molar-refractivity contribution >= 4 is 12.2 Å². The van der Waals surface area contributed by atoms with E-state index in [0.29, 0.717) is 5.92 Å². The molecule has 106 valence electrons. The number of nitrogens with one attached hydrogen (secondary N) is 1. The van der Waals surface area contributed by atoms with E-state index in [1.165, 1.54) is 11.1 Å².